The number of nitrogens with zero attached hydrogens (tertiary/aromatic N) is 3. The van der Waals surface area contributed by atoms with Crippen LogP contribution in [0.3, 0.4) is 0 Å². The summed E-state index contributed by atoms with van der Waals surface area (Å²) in [6.07, 6.45) is 3.34. The lowest BCUT2D eigenvalue weighted by atomic mass is 10.0. The second-order valence-electron chi connectivity index (χ2n) is 8.82. The SMILES string of the molecule is CN(C)C1CCN(C(=O)CCc2c(COc3ccc(Cl)cc3)n(C)c3ccccc23)CC1. The van der Waals surface area contributed by atoms with Crippen molar-refractivity contribution in [1.29, 1.82) is 0 Å². The van der Waals surface area contributed by atoms with Crippen molar-refractivity contribution in [3.8, 4) is 5.75 Å². The molecule has 0 atom stereocenters. The molecule has 0 saturated carbocycles. The van der Waals surface area contributed by atoms with E-state index in [0.29, 0.717) is 30.5 Å². The van der Waals surface area contributed by atoms with Crippen LogP contribution in [0.5, 0.6) is 5.75 Å². The zero-order valence-electron chi connectivity index (χ0n) is 19.2. The van der Waals surface area contributed by atoms with Crippen molar-refractivity contribution in [2.24, 2.45) is 7.05 Å². The number of fused-ring (bicyclic) bond motifs is 1. The molecule has 5 nitrogen and oxygen atoms in total. The van der Waals surface area contributed by atoms with Gasteiger partial charge in [0.1, 0.15) is 12.4 Å². The fraction of sp³-hybridized carbons (Fsp3) is 0.423. The van der Waals surface area contributed by atoms with Gasteiger partial charge in [-0.1, -0.05) is 29.8 Å². The number of amides is 1. The molecule has 2 heterocycles. The molecule has 0 spiro atoms. The van der Waals surface area contributed by atoms with E-state index in [2.05, 4.69) is 54.9 Å². The number of carbonyl (C=O) groups excluding carboxylic acids is 1. The number of carbonyl (C=O) groups is 1. The standard InChI is InChI=1S/C26H32ClN3O2/c1-28(2)20-14-16-30(17-15-20)26(31)13-12-23-22-6-4-5-7-24(22)29(3)25(23)18-32-21-10-8-19(27)9-11-21/h4-11,20H,12-18H2,1-3H3. The number of rotatable bonds is 7. The molecule has 1 aliphatic heterocycles. The molecule has 0 bridgehead atoms. The normalized spacial score (nSPS) is 15.0. The van der Waals surface area contributed by atoms with Crippen molar-refractivity contribution < 1.29 is 9.53 Å². The third-order valence-electron chi connectivity index (χ3n) is 6.67. The Kier molecular flexibility index (Phi) is 7.07. The first-order valence-corrected chi connectivity index (χ1v) is 11.7. The third-order valence-corrected chi connectivity index (χ3v) is 6.92. The number of piperidine rings is 1. The molecule has 0 radical (unpaired) electrons. The second-order valence-corrected chi connectivity index (χ2v) is 9.26. The van der Waals surface area contributed by atoms with Crippen molar-refractivity contribution in [3.63, 3.8) is 0 Å². The first kappa shape index (κ1) is 22.7. The molecule has 6 heteroatoms. The number of likely N-dealkylation sites (tertiary alicyclic amines) is 1. The molecule has 1 amide bonds. The molecule has 2 aromatic carbocycles. The number of hydrogen-bond donors (Lipinski definition) is 0. The lowest BCUT2D eigenvalue weighted by Crippen LogP contribution is -2.44. The Labute approximate surface area is 195 Å². The molecule has 4 rings (SSSR count). The minimum atomic E-state index is 0.250. The number of para-hydroxylation sites is 1. The van der Waals surface area contributed by atoms with Gasteiger partial charge in [-0.25, -0.2) is 0 Å². The zero-order chi connectivity index (χ0) is 22.7. The van der Waals surface area contributed by atoms with Crippen LogP contribution >= 0.6 is 11.6 Å². The molecule has 1 aliphatic rings. The van der Waals surface area contributed by atoms with Gasteiger partial charge in [0.05, 0.1) is 5.69 Å². The van der Waals surface area contributed by atoms with E-state index in [9.17, 15) is 4.79 Å². The van der Waals surface area contributed by atoms with Gasteiger partial charge in [-0.2, -0.15) is 0 Å². The molecule has 0 unspecified atom stereocenters. The smallest absolute Gasteiger partial charge is 0.222 e. The summed E-state index contributed by atoms with van der Waals surface area (Å²) in [5.41, 5.74) is 3.48. The van der Waals surface area contributed by atoms with E-state index in [0.717, 1.165) is 42.9 Å². The Morgan fingerprint density at radius 1 is 1.09 bits per heavy atom. The average Bonchev–Trinajstić information content (AvgIpc) is 3.08. The monoisotopic (exact) mass is 453 g/mol. The van der Waals surface area contributed by atoms with Crippen LogP contribution in [0.2, 0.25) is 5.02 Å². The van der Waals surface area contributed by atoms with Crippen LogP contribution in [0.15, 0.2) is 48.5 Å². The average molecular weight is 454 g/mol. The number of aromatic nitrogens is 1. The summed E-state index contributed by atoms with van der Waals surface area (Å²) in [6.45, 7) is 2.15. The highest BCUT2D eigenvalue weighted by Gasteiger charge is 2.24. The lowest BCUT2D eigenvalue weighted by molar-refractivity contribution is -0.132. The molecule has 0 aliphatic carbocycles. The number of aryl methyl sites for hydroxylation is 2. The van der Waals surface area contributed by atoms with Gasteiger partial charge in [0.15, 0.2) is 0 Å². The maximum Gasteiger partial charge on any atom is 0.222 e. The summed E-state index contributed by atoms with van der Waals surface area (Å²) in [7, 11) is 6.31. The maximum absolute atomic E-state index is 13.0. The molecule has 170 valence electrons. The van der Waals surface area contributed by atoms with Gasteiger partial charge in [0, 0.05) is 48.5 Å². The van der Waals surface area contributed by atoms with Crippen LogP contribution in [0.25, 0.3) is 10.9 Å². The van der Waals surface area contributed by atoms with Gasteiger partial charge in [0.25, 0.3) is 0 Å². The molecule has 1 aromatic heterocycles. The van der Waals surface area contributed by atoms with E-state index in [1.54, 1.807) is 0 Å². The second kappa shape index (κ2) is 9.97. The zero-order valence-corrected chi connectivity index (χ0v) is 19.9. The van der Waals surface area contributed by atoms with Crippen molar-refractivity contribution in [3.05, 3.63) is 64.8 Å². The summed E-state index contributed by atoms with van der Waals surface area (Å²) in [4.78, 5) is 17.3. The summed E-state index contributed by atoms with van der Waals surface area (Å²) in [5.74, 6) is 1.03. The van der Waals surface area contributed by atoms with Crippen LogP contribution in [0.4, 0.5) is 0 Å². The van der Waals surface area contributed by atoms with E-state index in [-0.39, 0.29) is 5.91 Å². The molecule has 0 N–H and O–H groups in total. The Hall–Kier alpha value is -2.50. The van der Waals surface area contributed by atoms with Crippen LogP contribution < -0.4 is 4.74 Å². The van der Waals surface area contributed by atoms with E-state index >= 15 is 0 Å². The first-order chi connectivity index (χ1) is 15.4. The maximum atomic E-state index is 13.0. The van der Waals surface area contributed by atoms with E-state index in [1.807, 2.05) is 29.2 Å². The van der Waals surface area contributed by atoms with E-state index in [1.165, 1.54) is 10.9 Å². The third kappa shape index (κ3) is 4.94. The van der Waals surface area contributed by atoms with Gasteiger partial charge in [0.2, 0.25) is 5.91 Å². The van der Waals surface area contributed by atoms with Crippen LogP contribution in [0, 0.1) is 0 Å². The van der Waals surface area contributed by atoms with E-state index in [4.69, 9.17) is 16.3 Å². The van der Waals surface area contributed by atoms with E-state index < -0.39 is 0 Å². The minimum absolute atomic E-state index is 0.250. The predicted octanol–water partition coefficient (Wildman–Crippen LogP) is 4.90. The fourth-order valence-corrected chi connectivity index (χ4v) is 4.82. The Bertz CT molecular complexity index is 1070. The quantitative estimate of drug-likeness (QED) is 0.510. The number of benzene rings is 2. The highest BCUT2D eigenvalue weighted by atomic mass is 35.5. The highest BCUT2D eigenvalue weighted by Crippen LogP contribution is 2.28. The number of hydrogen-bond acceptors (Lipinski definition) is 3. The van der Waals surface area contributed by atoms with Crippen molar-refractivity contribution in [2.45, 2.75) is 38.3 Å². The summed E-state index contributed by atoms with van der Waals surface area (Å²) in [6, 6.07) is 16.4. The van der Waals surface area contributed by atoms with Crippen LogP contribution in [-0.4, -0.2) is 53.5 Å². The van der Waals surface area contributed by atoms with Gasteiger partial charge in [-0.3, -0.25) is 4.79 Å². The molecular weight excluding hydrogens is 422 g/mol. The first-order valence-electron chi connectivity index (χ1n) is 11.3. The summed E-state index contributed by atoms with van der Waals surface area (Å²) >= 11 is 5.99. The molecule has 3 aromatic rings. The Balaban J connectivity index is 1.48. The molecule has 1 fully saturated rings. The topological polar surface area (TPSA) is 37.7 Å². The summed E-state index contributed by atoms with van der Waals surface area (Å²) in [5, 5.41) is 1.89. The minimum Gasteiger partial charge on any atom is -0.487 e. The molecule has 1 saturated heterocycles. The fourth-order valence-electron chi connectivity index (χ4n) is 4.69. The van der Waals surface area contributed by atoms with Gasteiger partial charge >= 0.3 is 0 Å². The van der Waals surface area contributed by atoms with Crippen molar-refractivity contribution in [1.82, 2.24) is 14.4 Å². The molecular formula is C26H32ClN3O2. The highest BCUT2D eigenvalue weighted by molar-refractivity contribution is 6.30. The van der Waals surface area contributed by atoms with Crippen molar-refractivity contribution in [2.75, 3.05) is 27.2 Å². The molecule has 32 heavy (non-hydrogen) atoms. The number of halogens is 1. The summed E-state index contributed by atoms with van der Waals surface area (Å²) < 4.78 is 8.26. The predicted molar refractivity (Wildman–Crippen MR) is 130 cm³/mol. The lowest BCUT2D eigenvalue weighted by Gasteiger charge is -2.35. The van der Waals surface area contributed by atoms with Crippen molar-refractivity contribution >= 4 is 28.4 Å². The van der Waals surface area contributed by atoms with Crippen LogP contribution in [-0.2, 0) is 24.9 Å². The largest absolute Gasteiger partial charge is 0.487 e. The Morgan fingerprint density at radius 3 is 2.47 bits per heavy atom. The Morgan fingerprint density at radius 2 is 1.78 bits per heavy atom. The van der Waals surface area contributed by atoms with Gasteiger partial charge < -0.3 is 19.1 Å². The van der Waals surface area contributed by atoms with Crippen LogP contribution in [0.1, 0.15) is 30.5 Å². The van der Waals surface area contributed by atoms with Gasteiger partial charge in [-0.05, 0) is 69.3 Å². The van der Waals surface area contributed by atoms with Gasteiger partial charge in [-0.15, -0.1) is 0 Å². The number of ether oxygens (including phenoxy) is 1.